The highest BCUT2D eigenvalue weighted by Crippen LogP contribution is 2.40. The van der Waals surface area contributed by atoms with Gasteiger partial charge in [0.15, 0.2) is 11.5 Å². The number of imide groups is 1. The lowest BCUT2D eigenvalue weighted by Gasteiger charge is -2.19. The number of ether oxygens (including phenoxy) is 2. The first-order valence-electron chi connectivity index (χ1n) is 9.75. The normalized spacial score (nSPS) is 15.9. The summed E-state index contributed by atoms with van der Waals surface area (Å²) in [5, 5.41) is 10.5. The molecule has 1 atom stereocenters. The smallest absolute Gasteiger partial charge is 0.293 e. The van der Waals surface area contributed by atoms with Crippen LogP contribution >= 0.6 is 27.7 Å². The van der Waals surface area contributed by atoms with Crippen molar-refractivity contribution in [1.29, 1.82) is 0 Å². The summed E-state index contributed by atoms with van der Waals surface area (Å²) < 4.78 is 11.9. The fraction of sp³-hybridized carbons (Fsp3) is 0.273. The molecule has 0 bridgehead atoms. The maximum atomic E-state index is 12.7. The van der Waals surface area contributed by atoms with Crippen molar-refractivity contribution in [3.05, 3.63) is 67.0 Å². The first-order chi connectivity index (χ1) is 15.2. The molecule has 0 unspecified atom stereocenters. The Labute approximate surface area is 197 Å². The van der Waals surface area contributed by atoms with Crippen molar-refractivity contribution in [3.63, 3.8) is 0 Å². The number of halogens is 1. The summed E-state index contributed by atoms with van der Waals surface area (Å²) in [7, 11) is 1.50. The third kappa shape index (κ3) is 5.13. The Kier molecular flexibility index (Phi) is 7.57. The van der Waals surface area contributed by atoms with E-state index in [9.17, 15) is 19.7 Å². The highest BCUT2D eigenvalue weighted by Gasteiger charge is 2.37. The van der Waals surface area contributed by atoms with Gasteiger partial charge in [-0.1, -0.05) is 6.92 Å². The molecule has 1 heterocycles. The van der Waals surface area contributed by atoms with Gasteiger partial charge in [0, 0.05) is 18.2 Å². The Bertz CT molecular complexity index is 1090. The molecule has 1 aliphatic rings. The van der Waals surface area contributed by atoms with Crippen LogP contribution in [-0.4, -0.2) is 34.1 Å². The predicted molar refractivity (Wildman–Crippen MR) is 126 cm³/mol. The number of carbonyl (C=O) groups is 2. The van der Waals surface area contributed by atoms with Gasteiger partial charge < -0.3 is 9.47 Å². The molecule has 1 saturated heterocycles. The van der Waals surface area contributed by atoms with Crippen LogP contribution in [0.3, 0.4) is 0 Å². The number of nitro groups is 1. The van der Waals surface area contributed by atoms with Crippen LogP contribution in [-0.2, 0) is 11.4 Å². The zero-order valence-corrected chi connectivity index (χ0v) is 20.1. The van der Waals surface area contributed by atoms with Crippen molar-refractivity contribution < 1.29 is 24.0 Å². The number of carbonyl (C=O) groups excluding carboxylic acids is 2. The molecule has 10 heteroatoms. The van der Waals surface area contributed by atoms with Crippen LogP contribution in [0.25, 0.3) is 6.08 Å². The molecule has 0 aliphatic carbocycles. The third-order valence-electron chi connectivity index (χ3n) is 4.94. The van der Waals surface area contributed by atoms with Gasteiger partial charge in [-0.15, -0.1) is 0 Å². The van der Waals surface area contributed by atoms with Gasteiger partial charge in [-0.2, -0.15) is 0 Å². The fourth-order valence-electron chi connectivity index (χ4n) is 3.03. The second-order valence-corrected chi connectivity index (χ2v) is 8.90. The van der Waals surface area contributed by atoms with Crippen LogP contribution in [0.1, 0.15) is 31.4 Å². The van der Waals surface area contributed by atoms with Crippen molar-refractivity contribution in [2.24, 2.45) is 0 Å². The summed E-state index contributed by atoms with van der Waals surface area (Å²) in [6.45, 7) is 3.95. The molecule has 2 amide bonds. The zero-order valence-electron chi connectivity index (χ0n) is 17.7. The van der Waals surface area contributed by atoms with E-state index in [-0.39, 0.29) is 29.5 Å². The van der Waals surface area contributed by atoms with E-state index in [0.29, 0.717) is 32.9 Å². The van der Waals surface area contributed by atoms with E-state index in [1.807, 2.05) is 13.8 Å². The van der Waals surface area contributed by atoms with Gasteiger partial charge in [0.05, 0.1) is 21.4 Å². The van der Waals surface area contributed by atoms with Crippen LogP contribution in [0.4, 0.5) is 10.5 Å². The summed E-state index contributed by atoms with van der Waals surface area (Å²) in [5.74, 6) is 0.590. The molecule has 0 saturated carbocycles. The second kappa shape index (κ2) is 10.2. The molecule has 1 fully saturated rings. The van der Waals surface area contributed by atoms with Crippen molar-refractivity contribution in [2.75, 3.05) is 7.11 Å². The molecule has 1 aliphatic heterocycles. The monoisotopic (exact) mass is 520 g/mol. The van der Waals surface area contributed by atoms with E-state index in [2.05, 4.69) is 15.9 Å². The standard InChI is InChI=1S/C22H21BrN2O6S/c1-4-13(2)24-21(26)19(32-22(24)27)11-15-9-17(23)20(18(10-15)30-3)31-12-14-5-7-16(8-6-14)25(28)29/h5-11,13H,4,12H2,1-3H3/b19-11+/t13-/m0/s1. The van der Waals surface area contributed by atoms with Gasteiger partial charge in [-0.05, 0) is 82.5 Å². The number of non-ortho nitro benzene ring substituents is 1. The molecule has 8 nitrogen and oxygen atoms in total. The highest BCUT2D eigenvalue weighted by molar-refractivity contribution is 9.10. The average molecular weight is 521 g/mol. The maximum absolute atomic E-state index is 12.7. The lowest BCUT2D eigenvalue weighted by Crippen LogP contribution is -2.36. The molecular weight excluding hydrogens is 500 g/mol. The van der Waals surface area contributed by atoms with Crippen molar-refractivity contribution in [1.82, 2.24) is 4.90 Å². The Hall–Kier alpha value is -2.85. The number of hydrogen-bond donors (Lipinski definition) is 0. The lowest BCUT2D eigenvalue weighted by atomic mass is 10.1. The summed E-state index contributed by atoms with van der Waals surface area (Å²) in [5.41, 5.74) is 1.44. The Morgan fingerprint density at radius 2 is 1.94 bits per heavy atom. The minimum atomic E-state index is -0.458. The number of rotatable bonds is 8. The van der Waals surface area contributed by atoms with E-state index < -0.39 is 4.92 Å². The first kappa shape index (κ1) is 23.8. The Morgan fingerprint density at radius 1 is 1.25 bits per heavy atom. The van der Waals surface area contributed by atoms with Crippen molar-refractivity contribution in [3.8, 4) is 11.5 Å². The van der Waals surface area contributed by atoms with E-state index in [1.54, 1.807) is 30.3 Å². The minimum Gasteiger partial charge on any atom is -0.493 e. The van der Waals surface area contributed by atoms with Crippen LogP contribution in [0.5, 0.6) is 11.5 Å². The molecule has 168 valence electrons. The third-order valence-corrected chi connectivity index (χ3v) is 6.41. The summed E-state index contributed by atoms with van der Waals surface area (Å²) in [6.07, 6.45) is 2.34. The molecule has 0 radical (unpaired) electrons. The van der Waals surface area contributed by atoms with Crippen LogP contribution < -0.4 is 9.47 Å². The number of thioether (sulfide) groups is 1. The van der Waals surface area contributed by atoms with Gasteiger partial charge in [0.1, 0.15) is 6.61 Å². The van der Waals surface area contributed by atoms with Gasteiger partial charge in [0.2, 0.25) is 0 Å². The van der Waals surface area contributed by atoms with E-state index in [4.69, 9.17) is 9.47 Å². The summed E-state index contributed by atoms with van der Waals surface area (Å²) in [6, 6.07) is 9.41. The first-order valence-corrected chi connectivity index (χ1v) is 11.4. The van der Waals surface area contributed by atoms with Crippen LogP contribution in [0.15, 0.2) is 45.8 Å². The summed E-state index contributed by atoms with van der Waals surface area (Å²) in [4.78, 5) is 36.9. The van der Waals surface area contributed by atoms with Gasteiger partial charge in [0.25, 0.3) is 16.8 Å². The second-order valence-electron chi connectivity index (χ2n) is 7.06. The largest absolute Gasteiger partial charge is 0.493 e. The average Bonchev–Trinajstić information content (AvgIpc) is 3.05. The quantitative estimate of drug-likeness (QED) is 0.247. The highest BCUT2D eigenvalue weighted by atomic mass is 79.9. The predicted octanol–water partition coefficient (Wildman–Crippen LogP) is 5.78. The Balaban J connectivity index is 1.81. The van der Waals surface area contributed by atoms with Crippen molar-refractivity contribution >= 4 is 50.6 Å². The lowest BCUT2D eigenvalue weighted by molar-refractivity contribution is -0.384. The van der Waals surface area contributed by atoms with E-state index in [1.165, 1.54) is 24.1 Å². The number of nitro benzene ring substituents is 1. The number of nitrogens with zero attached hydrogens (tertiary/aromatic N) is 2. The van der Waals surface area contributed by atoms with Crippen molar-refractivity contribution in [2.45, 2.75) is 32.9 Å². The summed E-state index contributed by atoms with van der Waals surface area (Å²) >= 11 is 4.39. The molecule has 2 aromatic rings. The molecule has 32 heavy (non-hydrogen) atoms. The number of amides is 2. The number of methoxy groups -OCH3 is 1. The van der Waals surface area contributed by atoms with E-state index in [0.717, 1.165) is 17.3 Å². The maximum Gasteiger partial charge on any atom is 0.293 e. The molecule has 3 rings (SSSR count). The van der Waals surface area contributed by atoms with Gasteiger partial charge in [-0.25, -0.2) is 0 Å². The molecular formula is C22H21BrN2O6S. The topological polar surface area (TPSA) is 99.0 Å². The van der Waals surface area contributed by atoms with Gasteiger partial charge >= 0.3 is 0 Å². The zero-order chi connectivity index (χ0) is 23.4. The molecule has 0 N–H and O–H groups in total. The number of benzene rings is 2. The SMILES string of the molecule is CC[C@H](C)N1C(=O)S/C(=C/c2cc(Br)c(OCc3ccc([N+](=O)[O-])cc3)c(OC)c2)C1=O. The van der Waals surface area contributed by atoms with Gasteiger partial charge in [-0.3, -0.25) is 24.6 Å². The molecule has 0 spiro atoms. The van der Waals surface area contributed by atoms with Crippen LogP contribution in [0.2, 0.25) is 0 Å². The Morgan fingerprint density at radius 3 is 2.53 bits per heavy atom. The number of hydrogen-bond acceptors (Lipinski definition) is 7. The fourth-order valence-corrected chi connectivity index (χ4v) is 4.53. The molecule has 0 aromatic heterocycles. The minimum absolute atomic E-state index is 0.00890. The van der Waals surface area contributed by atoms with Crippen LogP contribution in [0, 0.1) is 10.1 Å². The van der Waals surface area contributed by atoms with E-state index >= 15 is 0 Å². The molecule has 2 aromatic carbocycles.